The quantitative estimate of drug-likeness (QED) is 0.372. The van der Waals surface area contributed by atoms with Gasteiger partial charge < -0.3 is 20.7 Å². The second-order valence-electron chi connectivity index (χ2n) is 2.30. The Kier molecular flexibility index (Phi) is 1.72. The largest absolute Gasteiger partial charge is 0.386 e. The molecule has 0 aromatic heterocycles. The summed E-state index contributed by atoms with van der Waals surface area (Å²) >= 11 is 0. The summed E-state index contributed by atoms with van der Waals surface area (Å²) in [6.07, 6.45) is -2.29. The minimum absolute atomic E-state index is 0.255. The third-order valence-electron chi connectivity index (χ3n) is 1.58. The van der Waals surface area contributed by atoms with Crippen molar-refractivity contribution >= 4 is 0 Å². The van der Waals surface area contributed by atoms with Gasteiger partial charge in [-0.15, -0.1) is 0 Å². The van der Waals surface area contributed by atoms with Gasteiger partial charge in [0.15, 0.2) is 6.29 Å². The number of aliphatic hydroxyl groups excluding tert-OH is 2. The first-order chi connectivity index (χ1) is 4.13. The van der Waals surface area contributed by atoms with Crippen molar-refractivity contribution in [3.8, 4) is 0 Å². The van der Waals surface area contributed by atoms with Gasteiger partial charge in [-0.2, -0.15) is 0 Å². The van der Waals surface area contributed by atoms with E-state index in [9.17, 15) is 0 Å². The summed E-state index contributed by atoms with van der Waals surface area (Å²) in [5.41, 5.74) is 5.38. The SMILES string of the molecule is C[C@H]1O[C@H](O)[C@H](O)[C@@H]1N. The van der Waals surface area contributed by atoms with Gasteiger partial charge in [0.2, 0.25) is 0 Å². The number of hydrogen-bond donors (Lipinski definition) is 3. The van der Waals surface area contributed by atoms with Crippen molar-refractivity contribution in [1.82, 2.24) is 0 Å². The summed E-state index contributed by atoms with van der Waals surface area (Å²) in [4.78, 5) is 0. The van der Waals surface area contributed by atoms with Crippen molar-refractivity contribution in [2.45, 2.75) is 31.5 Å². The fourth-order valence-corrected chi connectivity index (χ4v) is 0.859. The normalized spacial score (nSPS) is 52.0. The van der Waals surface area contributed by atoms with E-state index in [1.54, 1.807) is 6.92 Å². The summed E-state index contributed by atoms with van der Waals surface area (Å²) in [5.74, 6) is 0. The van der Waals surface area contributed by atoms with Gasteiger partial charge in [0.25, 0.3) is 0 Å². The van der Waals surface area contributed by atoms with Crippen LogP contribution in [-0.2, 0) is 4.74 Å². The van der Waals surface area contributed by atoms with Crippen LogP contribution in [0.2, 0.25) is 0 Å². The van der Waals surface area contributed by atoms with Gasteiger partial charge in [-0.05, 0) is 6.92 Å². The number of rotatable bonds is 0. The zero-order chi connectivity index (χ0) is 7.02. The lowest BCUT2D eigenvalue weighted by atomic mass is 10.1. The standard InChI is InChI=1S/C5H11NO3/c1-2-3(6)4(7)5(8)9-2/h2-5,7-8H,6H2,1H3/t2-,3-,4-,5+/m1/s1. The predicted molar refractivity (Wildman–Crippen MR) is 30.5 cm³/mol. The molecule has 1 fully saturated rings. The van der Waals surface area contributed by atoms with Crippen molar-refractivity contribution in [3.05, 3.63) is 0 Å². The fourth-order valence-electron chi connectivity index (χ4n) is 0.859. The van der Waals surface area contributed by atoms with Crippen molar-refractivity contribution in [3.63, 3.8) is 0 Å². The van der Waals surface area contributed by atoms with Crippen LogP contribution in [0.25, 0.3) is 0 Å². The summed E-state index contributed by atoms with van der Waals surface area (Å²) < 4.78 is 4.77. The Morgan fingerprint density at radius 2 is 2.00 bits per heavy atom. The number of ether oxygens (including phenoxy) is 1. The molecule has 4 N–H and O–H groups in total. The minimum Gasteiger partial charge on any atom is -0.386 e. The lowest BCUT2D eigenvalue weighted by molar-refractivity contribution is -0.123. The maximum absolute atomic E-state index is 8.94. The van der Waals surface area contributed by atoms with E-state index in [0.29, 0.717) is 0 Å². The van der Waals surface area contributed by atoms with Crippen molar-refractivity contribution < 1.29 is 14.9 Å². The second-order valence-corrected chi connectivity index (χ2v) is 2.30. The molecule has 0 amide bonds. The molecular weight excluding hydrogens is 122 g/mol. The predicted octanol–water partition coefficient (Wildman–Crippen LogP) is -1.59. The third kappa shape index (κ3) is 1.07. The smallest absolute Gasteiger partial charge is 0.182 e. The van der Waals surface area contributed by atoms with Gasteiger partial charge in [0, 0.05) is 0 Å². The molecule has 1 rings (SSSR count). The lowest BCUT2D eigenvalue weighted by Crippen LogP contribution is -2.39. The van der Waals surface area contributed by atoms with Crippen molar-refractivity contribution in [2.75, 3.05) is 0 Å². The Labute approximate surface area is 53.2 Å². The molecule has 0 aromatic carbocycles. The highest BCUT2D eigenvalue weighted by molar-refractivity contribution is 4.86. The van der Waals surface area contributed by atoms with Crippen LogP contribution in [0, 0.1) is 0 Å². The van der Waals surface area contributed by atoms with Crippen LogP contribution in [0.3, 0.4) is 0 Å². The van der Waals surface area contributed by atoms with Crippen molar-refractivity contribution in [2.24, 2.45) is 5.73 Å². The van der Waals surface area contributed by atoms with Gasteiger partial charge in [0.05, 0.1) is 12.1 Å². The molecule has 1 saturated heterocycles. The first-order valence-electron chi connectivity index (χ1n) is 2.90. The van der Waals surface area contributed by atoms with E-state index >= 15 is 0 Å². The Morgan fingerprint density at radius 1 is 1.44 bits per heavy atom. The topological polar surface area (TPSA) is 75.7 Å². The molecular formula is C5H11NO3. The van der Waals surface area contributed by atoms with Gasteiger partial charge in [-0.3, -0.25) is 0 Å². The molecule has 0 saturated carbocycles. The Bertz CT molecular complexity index is 96.4. The molecule has 1 aliphatic heterocycles. The number of nitrogens with two attached hydrogens (primary N) is 1. The molecule has 0 aliphatic carbocycles. The van der Waals surface area contributed by atoms with E-state index in [-0.39, 0.29) is 6.10 Å². The maximum Gasteiger partial charge on any atom is 0.182 e. The molecule has 0 aromatic rings. The van der Waals surface area contributed by atoms with E-state index in [1.807, 2.05) is 0 Å². The van der Waals surface area contributed by atoms with Crippen molar-refractivity contribution in [1.29, 1.82) is 0 Å². The van der Waals surface area contributed by atoms with E-state index in [2.05, 4.69) is 0 Å². The monoisotopic (exact) mass is 133 g/mol. The number of hydrogen-bond acceptors (Lipinski definition) is 4. The van der Waals surface area contributed by atoms with Crippen LogP contribution in [0.4, 0.5) is 0 Å². The summed E-state index contributed by atoms with van der Waals surface area (Å²) in [6.45, 7) is 1.71. The van der Waals surface area contributed by atoms with Crippen LogP contribution >= 0.6 is 0 Å². The highest BCUT2D eigenvalue weighted by Crippen LogP contribution is 2.16. The highest BCUT2D eigenvalue weighted by atomic mass is 16.6. The van der Waals surface area contributed by atoms with E-state index < -0.39 is 18.4 Å². The molecule has 4 atom stereocenters. The van der Waals surface area contributed by atoms with Crippen LogP contribution in [0.15, 0.2) is 0 Å². The van der Waals surface area contributed by atoms with E-state index in [4.69, 9.17) is 20.7 Å². The molecule has 9 heavy (non-hydrogen) atoms. The molecule has 1 heterocycles. The summed E-state index contributed by atoms with van der Waals surface area (Å²) in [7, 11) is 0. The first-order valence-corrected chi connectivity index (χ1v) is 2.90. The zero-order valence-electron chi connectivity index (χ0n) is 5.19. The van der Waals surface area contributed by atoms with Crippen LogP contribution in [0.5, 0.6) is 0 Å². The maximum atomic E-state index is 8.94. The molecule has 4 nitrogen and oxygen atoms in total. The summed E-state index contributed by atoms with van der Waals surface area (Å²) in [6, 6.07) is -0.458. The van der Waals surface area contributed by atoms with Gasteiger partial charge in [-0.25, -0.2) is 0 Å². The van der Waals surface area contributed by atoms with Gasteiger partial charge >= 0.3 is 0 Å². The molecule has 4 heteroatoms. The average Bonchev–Trinajstić information content (AvgIpc) is 1.98. The van der Waals surface area contributed by atoms with Crippen LogP contribution < -0.4 is 5.73 Å². The van der Waals surface area contributed by atoms with E-state index in [0.717, 1.165) is 0 Å². The molecule has 0 spiro atoms. The fraction of sp³-hybridized carbons (Fsp3) is 1.00. The van der Waals surface area contributed by atoms with Gasteiger partial charge in [-0.1, -0.05) is 0 Å². The molecule has 1 aliphatic rings. The zero-order valence-corrected chi connectivity index (χ0v) is 5.19. The Morgan fingerprint density at radius 3 is 2.11 bits per heavy atom. The average molecular weight is 133 g/mol. The van der Waals surface area contributed by atoms with Crippen LogP contribution in [-0.4, -0.2) is 34.8 Å². The third-order valence-corrected chi connectivity index (χ3v) is 1.58. The Balaban J connectivity index is 2.54. The molecule has 54 valence electrons. The van der Waals surface area contributed by atoms with Gasteiger partial charge in [0.1, 0.15) is 6.10 Å². The summed E-state index contributed by atoms with van der Waals surface area (Å²) in [5, 5.41) is 17.7. The lowest BCUT2D eigenvalue weighted by Gasteiger charge is -2.08. The highest BCUT2D eigenvalue weighted by Gasteiger charge is 2.37. The minimum atomic E-state index is -1.10. The van der Waals surface area contributed by atoms with E-state index in [1.165, 1.54) is 0 Å². The molecule has 0 unspecified atom stereocenters. The Hall–Kier alpha value is -0.160. The second kappa shape index (κ2) is 2.22. The molecule has 0 radical (unpaired) electrons. The first kappa shape index (κ1) is 6.95. The van der Waals surface area contributed by atoms with Crippen LogP contribution in [0.1, 0.15) is 6.92 Å². The molecule has 0 bridgehead atoms. The number of aliphatic hydroxyl groups is 2.